The van der Waals surface area contributed by atoms with Crippen molar-refractivity contribution < 1.29 is 19.4 Å². The van der Waals surface area contributed by atoms with Crippen LogP contribution in [0, 0.1) is 11.8 Å². The second-order valence-electron chi connectivity index (χ2n) is 6.83. The molecule has 1 atom stereocenters. The number of hydrogen-bond donors (Lipinski definition) is 3. The van der Waals surface area contributed by atoms with Gasteiger partial charge in [0, 0.05) is 43.1 Å². The molecule has 2 fully saturated rings. The Hall–Kier alpha value is -1.99. The van der Waals surface area contributed by atoms with E-state index in [1.807, 2.05) is 0 Å². The first-order chi connectivity index (χ1) is 12.5. The first kappa shape index (κ1) is 18.8. The van der Waals surface area contributed by atoms with Gasteiger partial charge in [-0.15, -0.1) is 0 Å². The molecule has 3 amide bonds. The SMILES string of the molecule is O=C(Nc1cc(Cl)ccc1O)C1CCN(C(=O)NC[C@@H]2CCOC2)CC1. The first-order valence-electron chi connectivity index (χ1n) is 8.93. The molecule has 7 nitrogen and oxygen atoms in total. The summed E-state index contributed by atoms with van der Waals surface area (Å²) in [6.07, 6.45) is 2.17. The molecular weight excluding hydrogens is 358 g/mol. The van der Waals surface area contributed by atoms with Gasteiger partial charge in [-0.3, -0.25) is 4.79 Å². The minimum Gasteiger partial charge on any atom is -0.506 e. The molecule has 2 aliphatic rings. The van der Waals surface area contributed by atoms with Crippen LogP contribution in [0.1, 0.15) is 19.3 Å². The van der Waals surface area contributed by atoms with Gasteiger partial charge in [-0.1, -0.05) is 11.6 Å². The Bertz CT molecular complexity index is 656. The van der Waals surface area contributed by atoms with Crippen molar-refractivity contribution in [1.82, 2.24) is 10.2 Å². The maximum atomic E-state index is 12.4. The van der Waals surface area contributed by atoms with E-state index in [1.165, 1.54) is 12.1 Å². The van der Waals surface area contributed by atoms with Gasteiger partial charge in [0.05, 0.1) is 12.3 Å². The lowest BCUT2D eigenvalue weighted by atomic mass is 9.96. The number of ether oxygens (including phenoxy) is 1. The summed E-state index contributed by atoms with van der Waals surface area (Å²) in [6, 6.07) is 4.44. The summed E-state index contributed by atoms with van der Waals surface area (Å²) in [5.41, 5.74) is 0.307. The molecule has 0 aliphatic carbocycles. The summed E-state index contributed by atoms with van der Waals surface area (Å²) in [7, 11) is 0. The highest BCUT2D eigenvalue weighted by Gasteiger charge is 2.28. The number of carbonyl (C=O) groups is 2. The van der Waals surface area contributed by atoms with Gasteiger partial charge in [-0.25, -0.2) is 4.79 Å². The lowest BCUT2D eigenvalue weighted by molar-refractivity contribution is -0.121. The molecule has 0 spiro atoms. The average molecular weight is 382 g/mol. The van der Waals surface area contributed by atoms with Gasteiger partial charge in [0.1, 0.15) is 5.75 Å². The van der Waals surface area contributed by atoms with Crippen LogP contribution in [0.3, 0.4) is 0 Å². The lowest BCUT2D eigenvalue weighted by Gasteiger charge is -2.31. The van der Waals surface area contributed by atoms with E-state index >= 15 is 0 Å². The normalized spacial score (nSPS) is 20.8. The second-order valence-corrected chi connectivity index (χ2v) is 7.26. The van der Waals surface area contributed by atoms with E-state index in [4.69, 9.17) is 16.3 Å². The minimum absolute atomic E-state index is 0.0181. The van der Waals surface area contributed by atoms with Crippen LogP contribution in [0.4, 0.5) is 10.5 Å². The van der Waals surface area contributed by atoms with Crippen molar-refractivity contribution >= 4 is 29.2 Å². The van der Waals surface area contributed by atoms with Crippen LogP contribution >= 0.6 is 11.6 Å². The molecule has 1 aromatic rings. The number of nitrogens with one attached hydrogen (secondary N) is 2. The largest absolute Gasteiger partial charge is 0.506 e. The number of amides is 3. The van der Waals surface area contributed by atoms with Gasteiger partial charge in [-0.2, -0.15) is 0 Å². The maximum Gasteiger partial charge on any atom is 0.317 e. The summed E-state index contributed by atoms with van der Waals surface area (Å²) in [5.74, 6) is 0.0227. The molecule has 3 N–H and O–H groups in total. The van der Waals surface area contributed by atoms with Crippen LogP contribution in [0.15, 0.2) is 18.2 Å². The number of phenolic OH excluding ortho intramolecular Hbond substituents is 1. The summed E-state index contributed by atoms with van der Waals surface area (Å²) in [5, 5.41) is 15.9. The van der Waals surface area contributed by atoms with Crippen LogP contribution in [-0.4, -0.2) is 54.8 Å². The number of phenols is 1. The molecule has 1 aromatic carbocycles. The molecule has 0 aromatic heterocycles. The topological polar surface area (TPSA) is 90.9 Å². The maximum absolute atomic E-state index is 12.4. The van der Waals surface area contributed by atoms with E-state index in [1.54, 1.807) is 11.0 Å². The van der Waals surface area contributed by atoms with Crippen LogP contribution in [-0.2, 0) is 9.53 Å². The molecule has 2 heterocycles. The standard InChI is InChI=1S/C18H24ClN3O4/c19-14-1-2-16(23)15(9-14)21-17(24)13-3-6-22(7-4-13)18(25)20-10-12-5-8-26-11-12/h1-2,9,12-13,23H,3-8,10-11H2,(H,20,25)(H,21,24)/t12-/m0/s1. The van der Waals surface area contributed by atoms with E-state index in [2.05, 4.69) is 10.6 Å². The zero-order valence-electron chi connectivity index (χ0n) is 14.5. The fourth-order valence-electron chi connectivity index (χ4n) is 3.28. The van der Waals surface area contributed by atoms with E-state index in [-0.39, 0.29) is 23.6 Å². The van der Waals surface area contributed by atoms with Crippen LogP contribution < -0.4 is 10.6 Å². The molecule has 2 aliphatic heterocycles. The molecule has 8 heteroatoms. The Kier molecular flexibility index (Phi) is 6.21. The number of urea groups is 1. The summed E-state index contributed by atoms with van der Waals surface area (Å²) in [6.45, 7) is 3.18. The highest BCUT2D eigenvalue weighted by Crippen LogP contribution is 2.28. The zero-order valence-corrected chi connectivity index (χ0v) is 15.3. The lowest BCUT2D eigenvalue weighted by Crippen LogP contribution is -2.47. The number of likely N-dealkylation sites (tertiary alicyclic amines) is 1. The molecule has 142 valence electrons. The average Bonchev–Trinajstić information content (AvgIpc) is 3.16. The number of anilines is 1. The molecule has 3 rings (SSSR count). The molecule has 0 unspecified atom stereocenters. The molecule has 2 saturated heterocycles. The van der Waals surface area contributed by atoms with Gasteiger partial charge < -0.3 is 25.4 Å². The van der Waals surface area contributed by atoms with E-state index in [0.29, 0.717) is 55.7 Å². The van der Waals surface area contributed by atoms with Gasteiger partial charge in [0.2, 0.25) is 5.91 Å². The second kappa shape index (κ2) is 8.60. The predicted octanol–water partition coefficient (Wildman–Crippen LogP) is 2.44. The van der Waals surface area contributed by atoms with Crippen molar-refractivity contribution in [2.75, 3.05) is 38.2 Å². The van der Waals surface area contributed by atoms with Crippen molar-refractivity contribution in [2.24, 2.45) is 11.8 Å². The van der Waals surface area contributed by atoms with Gasteiger partial charge in [0.25, 0.3) is 0 Å². The Morgan fingerprint density at radius 2 is 2.04 bits per heavy atom. The fourth-order valence-corrected chi connectivity index (χ4v) is 3.45. The van der Waals surface area contributed by atoms with Crippen LogP contribution in [0.5, 0.6) is 5.75 Å². The molecular formula is C18H24ClN3O4. The molecule has 0 bridgehead atoms. The number of hydrogen-bond acceptors (Lipinski definition) is 4. The van der Waals surface area contributed by atoms with Crippen molar-refractivity contribution in [2.45, 2.75) is 19.3 Å². The van der Waals surface area contributed by atoms with E-state index in [0.717, 1.165) is 13.0 Å². The third kappa shape index (κ3) is 4.80. The number of rotatable bonds is 4. The van der Waals surface area contributed by atoms with Gasteiger partial charge >= 0.3 is 6.03 Å². The molecule has 26 heavy (non-hydrogen) atoms. The zero-order chi connectivity index (χ0) is 18.5. The Morgan fingerprint density at radius 1 is 1.27 bits per heavy atom. The quantitative estimate of drug-likeness (QED) is 0.698. The molecule has 0 radical (unpaired) electrons. The number of piperidine rings is 1. The molecule has 0 saturated carbocycles. The van der Waals surface area contributed by atoms with Crippen LogP contribution in [0.2, 0.25) is 5.02 Å². The smallest absolute Gasteiger partial charge is 0.317 e. The Morgan fingerprint density at radius 3 is 2.73 bits per heavy atom. The Balaban J connectivity index is 1.44. The fraction of sp³-hybridized carbons (Fsp3) is 0.556. The predicted molar refractivity (Wildman–Crippen MR) is 98.4 cm³/mol. The number of aromatic hydroxyl groups is 1. The minimum atomic E-state index is -0.194. The van der Waals surface area contributed by atoms with Crippen LogP contribution in [0.25, 0.3) is 0 Å². The first-order valence-corrected chi connectivity index (χ1v) is 9.30. The summed E-state index contributed by atoms with van der Waals surface area (Å²) >= 11 is 5.90. The van der Waals surface area contributed by atoms with Crippen molar-refractivity contribution in [3.63, 3.8) is 0 Å². The highest BCUT2D eigenvalue weighted by atomic mass is 35.5. The number of benzene rings is 1. The third-order valence-corrected chi connectivity index (χ3v) is 5.17. The Labute approximate surface area is 157 Å². The van der Waals surface area contributed by atoms with Crippen molar-refractivity contribution in [1.29, 1.82) is 0 Å². The monoisotopic (exact) mass is 381 g/mol. The summed E-state index contributed by atoms with van der Waals surface area (Å²) < 4.78 is 5.30. The van der Waals surface area contributed by atoms with E-state index < -0.39 is 0 Å². The van der Waals surface area contributed by atoms with Gasteiger partial charge in [0.15, 0.2) is 0 Å². The summed E-state index contributed by atoms with van der Waals surface area (Å²) in [4.78, 5) is 26.4. The third-order valence-electron chi connectivity index (χ3n) is 4.94. The number of halogens is 1. The van der Waals surface area contributed by atoms with Crippen molar-refractivity contribution in [3.8, 4) is 5.75 Å². The number of nitrogens with zero attached hydrogens (tertiary/aromatic N) is 1. The van der Waals surface area contributed by atoms with E-state index in [9.17, 15) is 14.7 Å². The van der Waals surface area contributed by atoms with Gasteiger partial charge in [-0.05, 0) is 37.5 Å². The highest BCUT2D eigenvalue weighted by molar-refractivity contribution is 6.31. The van der Waals surface area contributed by atoms with Crippen molar-refractivity contribution in [3.05, 3.63) is 23.2 Å². The number of carbonyl (C=O) groups excluding carboxylic acids is 2.